The summed E-state index contributed by atoms with van der Waals surface area (Å²) in [6.07, 6.45) is 13.6. The minimum absolute atomic E-state index is 0.644. The van der Waals surface area contributed by atoms with E-state index in [0.29, 0.717) is 5.56 Å². The molecule has 5 rings (SSSR count). The summed E-state index contributed by atoms with van der Waals surface area (Å²) in [4.78, 5) is 4.99. The van der Waals surface area contributed by atoms with Gasteiger partial charge in [-0.25, -0.2) is 0 Å². The number of hydrogen-bond donors (Lipinski definition) is 2. The smallest absolute Gasteiger partial charge is 0.0991 e. The normalized spacial score (nSPS) is 14.4. The molecule has 35 heavy (non-hydrogen) atoms. The van der Waals surface area contributed by atoms with Gasteiger partial charge in [0, 0.05) is 53.8 Å². The highest BCUT2D eigenvalue weighted by molar-refractivity contribution is 6.02. The predicted molar refractivity (Wildman–Crippen MR) is 144 cm³/mol. The number of rotatable bonds is 6. The Morgan fingerprint density at radius 2 is 1.80 bits per heavy atom. The maximum Gasteiger partial charge on any atom is 0.0991 e. The molecule has 2 N–H and O–H groups in total. The minimum atomic E-state index is 0.644. The summed E-state index contributed by atoms with van der Waals surface area (Å²) in [7, 11) is 1.87. The van der Waals surface area contributed by atoms with Crippen LogP contribution in [0.5, 0.6) is 0 Å². The highest BCUT2D eigenvalue weighted by atomic mass is 15.0. The van der Waals surface area contributed by atoms with E-state index < -0.39 is 0 Å². The third-order valence-electron chi connectivity index (χ3n) is 7.31. The lowest BCUT2D eigenvalue weighted by Gasteiger charge is -2.17. The van der Waals surface area contributed by atoms with Gasteiger partial charge in [-0.1, -0.05) is 43.9 Å². The zero-order valence-electron chi connectivity index (χ0n) is 20.2. The summed E-state index contributed by atoms with van der Waals surface area (Å²) in [6.45, 7) is 1.03. The molecule has 1 saturated carbocycles. The number of nitriles is 1. The molecule has 1 fully saturated rings. The average molecular weight is 462 g/mol. The van der Waals surface area contributed by atoms with Crippen molar-refractivity contribution in [3.05, 3.63) is 72.1 Å². The third-order valence-corrected chi connectivity index (χ3v) is 7.31. The first-order valence-electron chi connectivity index (χ1n) is 12.5. The van der Waals surface area contributed by atoms with Crippen molar-refractivity contribution >= 4 is 22.8 Å². The van der Waals surface area contributed by atoms with E-state index in [-0.39, 0.29) is 0 Å². The van der Waals surface area contributed by atoms with Gasteiger partial charge < -0.3 is 15.3 Å². The monoisotopic (exact) mass is 461 g/mol. The van der Waals surface area contributed by atoms with Crippen LogP contribution in [0.4, 0.5) is 5.69 Å². The summed E-state index contributed by atoms with van der Waals surface area (Å²) in [6, 6.07) is 18.3. The molecule has 2 aromatic heterocycles. The van der Waals surface area contributed by atoms with E-state index in [0.717, 1.165) is 51.6 Å². The lowest BCUT2D eigenvalue weighted by atomic mass is 9.94. The molecule has 5 nitrogen and oxygen atoms in total. The molecule has 2 aromatic carbocycles. The van der Waals surface area contributed by atoms with Crippen molar-refractivity contribution in [2.24, 2.45) is 5.92 Å². The van der Waals surface area contributed by atoms with Gasteiger partial charge in [0.2, 0.25) is 0 Å². The van der Waals surface area contributed by atoms with E-state index >= 15 is 0 Å². The van der Waals surface area contributed by atoms with E-state index in [9.17, 15) is 5.26 Å². The topological polar surface area (TPSA) is 77.5 Å². The number of pyridine rings is 1. The molecule has 1 aliphatic rings. The average Bonchev–Trinajstić information content (AvgIpc) is 3.13. The van der Waals surface area contributed by atoms with Gasteiger partial charge in [0.25, 0.3) is 0 Å². The van der Waals surface area contributed by atoms with Gasteiger partial charge >= 0.3 is 0 Å². The maximum atomic E-state index is 9.30. The summed E-state index contributed by atoms with van der Waals surface area (Å²) in [5.41, 5.74) is 7.50. The van der Waals surface area contributed by atoms with E-state index in [1.807, 2.05) is 49.6 Å². The van der Waals surface area contributed by atoms with Gasteiger partial charge in [0.1, 0.15) is 0 Å². The number of aromatic nitrogens is 2. The molecule has 0 saturated heterocycles. The van der Waals surface area contributed by atoms with E-state index in [1.165, 1.54) is 50.1 Å². The minimum Gasteiger partial charge on any atom is -0.388 e. The van der Waals surface area contributed by atoms with Crippen LogP contribution in [0, 0.1) is 22.7 Å². The molecule has 176 valence electrons. The molecular formula is C30H31N5. The van der Waals surface area contributed by atoms with Gasteiger partial charge in [-0.2, -0.15) is 5.26 Å². The Labute approximate surface area is 207 Å². The highest BCUT2D eigenvalue weighted by Crippen LogP contribution is 2.38. The SMILES string of the molecule is CNc1ccc(-c2ncc3c(ccn3CC3CCCCCC3)c2-c2ccc(C#N)cc2)cc1C=N. The number of hydrogen-bond acceptors (Lipinski definition) is 4. The summed E-state index contributed by atoms with van der Waals surface area (Å²) < 4.78 is 2.38. The Balaban J connectivity index is 1.65. The number of nitrogens with zero attached hydrogens (tertiary/aromatic N) is 3. The quantitative estimate of drug-likeness (QED) is 0.234. The third kappa shape index (κ3) is 4.57. The fraction of sp³-hybridized carbons (Fsp3) is 0.300. The number of fused-ring (bicyclic) bond motifs is 1. The Hall–Kier alpha value is -3.91. The first-order valence-corrected chi connectivity index (χ1v) is 12.5. The molecule has 4 aromatic rings. The van der Waals surface area contributed by atoms with Gasteiger partial charge in [0.15, 0.2) is 0 Å². The van der Waals surface area contributed by atoms with Crippen LogP contribution < -0.4 is 5.32 Å². The lowest BCUT2D eigenvalue weighted by molar-refractivity contribution is 0.401. The highest BCUT2D eigenvalue weighted by Gasteiger charge is 2.19. The van der Waals surface area contributed by atoms with Gasteiger partial charge in [-0.15, -0.1) is 0 Å². The molecule has 0 bridgehead atoms. The fourth-order valence-electron chi connectivity index (χ4n) is 5.42. The molecule has 5 heteroatoms. The standard InChI is InChI=1S/C30H31N5/c1-33-27-13-12-24(16-25(27)18-32)30-29(23-10-8-21(17-31)9-11-23)26-14-15-35(28(26)19-34-30)20-22-6-4-2-3-5-7-22/h8-16,18-19,22,32-33H,2-7,20H2,1H3. The molecule has 0 radical (unpaired) electrons. The molecule has 0 amide bonds. The van der Waals surface area contributed by atoms with Crippen molar-refractivity contribution < 1.29 is 0 Å². The van der Waals surface area contributed by atoms with E-state index in [4.69, 9.17) is 10.4 Å². The van der Waals surface area contributed by atoms with Gasteiger partial charge in [0.05, 0.1) is 29.0 Å². The Morgan fingerprint density at radius 1 is 1.06 bits per heavy atom. The van der Waals surface area contributed by atoms with Crippen molar-refractivity contribution in [2.45, 2.75) is 45.1 Å². The van der Waals surface area contributed by atoms with Crippen LogP contribution in [0.3, 0.4) is 0 Å². The number of anilines is 1. The lowest BCUT2D eigenvalue weighted by Crippen LogP contribution is -2.09. The maximum absolute atomic E-state index is 9.30. The Bertz CT molecular complexity index is 1380. The first-order chi connectivity index (χ1) is 17.2. The van der Waals surface area contributed by atoms with Crippen molar-refractivity contribution in [3.63, 3.8) is 0 Å². The van der Waals surface area contributed by atoms with Crippen molar-refractivity contribution in [1.82, 2.24) is 9.55 Å². The largest absolute Gasteiger partial charge is 0.388 e. The van der Waals surface area contributed by atoms with Gasteiger partial charge in [-0.3, -0.25) is 4.98 Å². The molecule has 0 spiro atoms. The number of benzene rings is 2. The molecule has 0 aliphatic heterocycles. The summed E-state index contributed by atoms with van der Waals surface area (Å²) >= 11 is 0. The fourth-order valence-corrected chi connectivity index (χ4v) is 5.42. The zero-order valence-corrected chi connectivity index (χ0v) is 20.2. The van der Waals surface area contributed by atoms with Crippen molar-refractivity contribution in [3.8, 4) is 28.5 Å². The predicted octanol–water partition coefficient (Wildman–Crippen LogP) is 7.25. The molecule has 2 heterocycles. The molecule has 1 aliphatic carbocycles. The molecule has 0 unspecified atom stereocenters. The second-order valence-corrected chi connectivity index (χ2v) is 9.49. The Morgan fingerprint density at radius 3 is 2.49 bits per heavy atom. The van der Waals surface area contributed by atoms with Crippen LogP contribution in [-0.2, 0) is 6.54 Å². The van der Waals surface area contributed by atoms with Crippen molar-refractivity contribution in [2.75, 3.05) is 12.4 Å². The van der Waals surface area contributed by atoms with Crippen LogP contribution in [0.1, 0.15) is 49.7 Å². The second-order valence-electron chi connectivity index (χ2n) is 9.49. The summed E-state index contributed by atoms with van der Waals surface area (Å²) in [5.74, 6) is 0.718. The number of nitrogens with one attached hydrogen (secondary N) is 2. The van der Waals surface area contributed by atoms with E-state index in [1.54, 1.807) is 0 Å². The van der Waals surface area contributed by atoms with Crippen LogP contribution in [0.15, 0.2) is 60.9 Å². The molecule has 0 atom stereocenters. The van der Waals surface area contributed by atoms with Crippen molar-refractivity contribution in [1.29, 1.82) is 10.7 Å². The van der Waals surface area contributed by atoms with Crippen LogP contribution in [0.2, 0.25) is 0 Å². The molecular weight excluding hydrogens is 430 g/mol. The van der Waals surface area contributed by atoms with Crippen LogP contribution in [0.25, 0.3) is 33.3 Å². The first kappa shape index (κ1) is 22.9. The van der Waals surface area contributed by atoms with Crippen LogP contribution >= 0.6 is 0 Å². The van der Waals surface area contributed by atoms with Crippen LogP contribution in [-0.4, -0.2) is 22.8 Å². The second kappa shape index (κ2) is 10.1. The summed E-state index contributed by atoms with van der Waals surface area (Å²) in [5, 5.41) is 21.5. The van der Waals surface area contributed by atoms with E-state index in [2.05, 4.69) is 34.3 Å². The zero-order chi connectivity index (χ0) is 24.2. The Kier molecular flexibility index (Phi) is 6.63. The van der Waals surface area contributed by atoms with Gasteiger partial charge in [-0.05, 0) is 54.7 Å².